The van der Waals surface area contributed by atoms with E-state index >= 15 is 0 Å². The number of nitrogens with one attached hydrogen (secondary N) is 2. The van der Waals surface area contributed by atoms with Gasteiger partial charge in [0.15, 0.2) is 11.5 Å². The lowest BCUT2D eigenvalue weighted by atomic mass is 9.99. The molecule has 0 saturated carbocycles. The Balaban J connectivity index is 1.50. The van der Waals surface area contributed by atoms with Crippen LogP contribution in [0.1, 0.15) is 25.8 Å². The number of benzene rings is 2. The van der Waals surface area contributed by atoms with Gasteiger partial charge in [0.2, 0.25) is 27.9 Å². The lowest BCUT2D eigenvalue weighted by Crippen LogP contribution is -2.47. The fraction of sp³-hybridized carbons (Fsp3) is 0.318. The number of aryl methyl sites for hydroxylation is 1. The molecule has 4 rings (SSSR count). The van der Waals surface area contributed by atoms with Crippen LogP contribution in [-0.4, -0.2) is 37.4 Å². The van der Waals surface area contributed by atoms with Gasteiger partial charge < -0.3 is 9.47 Å². The van der Waals surface area contributed by atoms with Crippen LogP contribution in [0.25, 0.3) is 10.6 Å². The molecule has 0 radical (unpaired) electrons. The van der Waals surface area contributed by atoms with Crippen molar-refractivity contribution in [2.45, 2.75) is 38.1 Å². The van der Waals surface area contributed by atoms with Crippen LogP contribution in [0.15, 0.2) is 47.4 Å². The second kappa shape index (κ2) is 9.46. The van der Waals surface area contributed by atoms with Gasteiger partial charge in [-0.2, -0.15) is 4.72 Å². The highest BCUT2D eigenvalue weighted by Crippen LogP contribution is 2.37. The van der Waals surface area contributed by atoms with E-state index in [-0.39, 0.29) is 22.7 Å². The minimum absolute atomic E-state index is 0.107. The quantitative estimate of drug-likeness (QED) is 0.497. The molecule has 0 spiro atoms. The Morgan fingerprint density at radius 3 is 2.58 bits per heavy atom. The summed E-state index contributed by atoms with van der Waals surface area (Å²) >= 11 is 1.18. The Kier molecular flexibility index (Phi) is 6.63. The van der Waals surface area contributed by atoms with Crippen LogP contribution in [0.3, 0.4) is 0 Å². The van der Waals surface area contributed by atoms with E-state index in [1.165, 1.54) is 23.5 Å². The van der Waals surface area contributed by atoms with Crippen molar-refractivity contribution in [3.05, 3.63) is 48.0 Å². The number of amides is 1. The van der Waals surface area contributed by atoms with E-state index in [0.29, 0.717) is 22.9 Å². The molecule has 1 aliphatic heterocycles. The first-order valence-electron chi connectivity index (χ1n) is 10.4. The fourth-order valence-corrected chi connectivity index (χ4v) is 5.27. The number of anilines is 1. The van der Waals surface area contributed by atoms with Crippen LogP contribution in [0, 0.1) is 12.8 Å². The standard InChI is InChI=1S/C22H24N4O5S2/c1-4-14(3)19(26-33(28,29)16-8-5-13(2)6-9-16)20(27)23-22-25-24-21(32-22)15-7-10-17-18(11-15)31-12-30-17/h5-11,14,19,26H,4,12H2,1-3H3,(H,23,25,27). The first-order chi connectivity index (χ1) is 15.8. The number of carbonyl (C=O) groups excluding carboxylic acids is 1. The van der Waals surface area contributed by atoms with Crippen LogP contribution in [0.2, 0.25) is 0 Å². The minimum Gasteiger partial charge on any atom is -0.454 e. The average molecular weight is 489 g/mol. The molecule has 11 heteroatoms. The van der Waals surface area contributed by atoms with E-state index in [1.807, 2.05) is 26.8 Å². The SMILES string of the molecule is CCC(C)C(NS(=O)(=O)c1ccc(C)cc1)C(=O)Nc1nnc(-c2ccc3c(c2)OCO3)s1. The molecule has 1 aliphatic rings. The van der Waals surface area contributed by atoms with Crippen molar-refractivity contribution in [2.24, 2.45) is 5.92 Å². The monoisotopic (exact) mass is 488 g/mol. The van der Waals surface area contributed by atoms with Crippen LogP contribution in [0.5, 0.6) is 11.5 Å². The number of fused-ring (bicyclic) bond motifs is 1. The predicted molar refractivity (Wildman–Crippen MR) is 125 cm³/mol. The van der Waals surface area contributed by atoms with Gasteiger partial charge in [-0.25, -0.2) is 8.42 Å². The van der Waals surface area contributed by atoms with Crippen molar-refractivity contribution in [2.75, 3.05) is 12.1 Å². The molecule has 9 nitrogen and oxygen atoms in total. The van der Waals surface area contributed by atoms with Crippen LogP contribution in [-0.2, 0) is 14.8 Å². The summed E-state index contributed by atoms with van der Waals surface area (Å²) in [6.45, 7) is 5.76. The third kappa shape index (κ3) is 5.15. The lowest BCUT2D eigenvalue weighted by Gasteiger charge is -2.22. The zero-order valence-corrected chi connectivity index (χ0v) is 20.0. The van der Waals surface area contributed by atoms with E-state index in [9.17, 15) is 13.2 Å². The molecule has 2 aromatic carbocycles. The zero-order valence-electron chi connectivity index (χ0n) is 18.4. The molecule has 2 unspecified atom stereocenters. The fourth-order valence-electron chi connectivity index (χ4n) is 3.22. The third-order valence-corrected chi connectivity index (χ3v) is 7.73. The summed E-state index contributed by atoms with van der Waals surface area (Å²) in [5, 5.41) is 11.8. The molecule has 2 heterocycles. The van der Waals surface area contributed by atoms with Crippen LogP contribution >= 0.6 is 11.3 Å². The van der Waals surface area contributed by atoms with Crippen LogP contribution in [0.4, 0.5) is 5.13 Å². The molecule has 33 heavy (non-hydrogen) atoms. The maximum atomic E-state index is 13.0. The number of sulfonamides is 1. The Labute approximate surface area is 196 Å². The van der Waals surface area contributed by atoms with Gasteiger partial charge in [0.25, 0.3) is 0 Å². The highest BCUT2D eigenvalue weighted by Gasteiger charge is 2.30. The Hall–Kier alpha value is -3.02. The summed E-state index contributed by atoms with van der Waals surface area (Å²) in [6.07, 6.45) is 0.604. The van der Waals surface area contributed by atoms with Crippen molar-refractivity contribution in [1.82, 2.24) is 14.9 Å². The zero-order chi connectivity index (χ0) is 23.6. The Bertz CT molecular complexity index is 1260. The van der Waals surface area contributed by atoms with E-state index < -0.39 is 22.0 Å². The first kappa shape index (κ1) is 23.1. The van der Waals surface area contributed by atoms with Gasteiger partial charge in [-0.05, 0) is 43.2 Å². The van der Waals surface area contributed by atoms with E-state index in [0.717, 1.165) is 11.1 Å². The smallest absolute Gasteiger partial charge is 0.244 e. The summed E-state index contributed by atoms with van der Waals surface area (Å²) in [6, 6.07) is 10.9. The number of aromatic nitrogens is 2. The second-order valence-corrected chi connectivity index (χ2v) is 10.5. The molecule has 0 fully saturated rings. The molecule has 0 saturated heterocycles. The topological polar surface area (TPSA) is 120 Å². The number of ether oxygens (including phenoxy) is 2. The van der Waals surface area contributed by atoms with Gasteiger partial charge in [-0.3, -0.25) is 10.1 Å². The van der Waals surface area contributed by atoms with E-state index in [1.54, 1.807) is 24.3 Å². The van der Waals surface area contributed by atoms with Crippen molar-refractivity contribution < 1.29 is 22.7 Å². The van der Waals surface area contributed by atoms with Crippen molar-refractivity contribution in [1.29, 1.82) is 0 Å². The Morgan fingerprint density at radius 1 is 1.12 bits per heavy atom. The average Bonchev–Trinajstić information content (AvgIpc) is 3.46. The van der Waals surface area contributed by atoms with Crippen molar-refractivity contribution >= 4 is 32.4 Å². The summed E-state index contributed by atoms with van der Waals surface area (Å²) in [4.78, 5) is 13.1. The lowest BCUT2D eigenvalue weighted by molar-refractivity contribution is -0.118. The van der Waals surface area contributed by atoms with Crippen LogP contribution < -0.4 is 19.5 Å². The second-order valence-electron chi connectivity index (χ2n) is 7.77. The predicted octanol–water partition coefficient (Wildman–Crippen LogP) is 3.57. The molecule has 1 amide bonds. The van der Waals surface area contributed by atoms with Gasteiger partial charge in [-0.15, -0.1) is 10.2 Å². The molecular formula is C22H24N4O5S2. The molecular weight excluding hydrogens is 464 g/mol. The minimum atomic E-state index is -3.88. The summed E-state index contributed by atoms with van der Waals surface area (Å²) in [5.74, 6) is 0.546. The maximum absolute atomic E-state index is 13.0. The van der Waals surface area contributed by atoms with E-state index in [4.69, 9.17) is 9.47 Å². The largest absolute Gasteiger partial charge is 0.454 e. The highest BCUT2D eigenvalue weighted by molar-refractivity contribution is 7.89. The summed E-state index contributed by atoms with van der Waals surface area (Å²) in [7, 11) is -3.88. The molecule has 0 aliphatic carbocycles. The number of nitrogens with zero attached hydrogens (tertiary/aromatic N) is 2. The van der Waals surface area contributed by atoms with Gasteiger partial charge in [0.05, 0.1) is 4.90 Å². The third-order valence-electron chi connectivity index (χ3n) is 5.38. The molecule has 2 N–H and O–H groups in total. The van der Waals surface area contributed by atoms with Gasteiger partial charge in [0, 0.05) is 5.56 Å². The number of carbonyl (C=O) groups is 1. The summed E-state index contributed by atoms with van der Waals surface area (Å²) < 4.78 is 39.0. The van der Waals surface area contributed by atoms with E-state index in [2.05, 4.69) is 20.2 Å². The maximum Gasteiger partial charge on any atom is 0.244 e. The molecule has 2 atom stereocenters. The highest BCUT2D eigenvalue weighted by atomic mass is 32.2. The Morgan fingerprint density at radius 2 is 1.85 bits per heavy atom. The molecule has 3 aromatic rings. The normalized spacial score (nSPS) is 14.6. The number of hydrogen-bond donors (Lipinski definition) is 2. The first-order valence-corrected chi connectivity index (χ1v) is 12.7. The summed E-state index contributed by atoms with van der Waals surface area (Å²) in [5.41, 5.74) is 1.72. The molecule has 174 valence electrons. The number of hydrogen-bond acceptors (Lipinski definition) is 8. The number of rotatable bonds is 8. The molecule has 0 bridgehead atoms. The van der Waals surface area contributed by atoms with Crippen molar-refractivity contribution in [3.63, 3.8) is 0 Å². The molecule has 1 aromatic heterocycles. The van der Waals surface area contributed by atoms with Crippen molar-refractivity contribution in [3.8, 4) is 22.1 Å². The van der Waals surface area contributed by atoms with Gasteiger partial charge in [-0.1, -0.05) is 49.3 Å². The van der Waals surface area contributed by atoms with Gasteiger partial charge >= 0.3 is 0 Å². The van der Waals surface area contributed by atoms with Gasteiger partial charge in [0.1, 0.15) is 11.0 Å².